The fourth-order valence-electron chi connectivity index (χ4n) is 1.17. The van der Waals surface area contributed by atoms with Gasteiger partial charge in [-0.15, -0.1) is 0 Å². The summed E-state index contributed by atoms with van der Waals surface area (Å²) in [5.41, 5.74) is 0.359. The summed E-state index contributed by atoms with van der Waals surface area (Å²) in [7, 11) is 0. The molecule has 0 aliphatic rings. The summed E-state index contributed by atoms with van der Waals surface area (Å²) in [6.45, 7) is 1.68. The lowest BCUT2D eigenvalue weighted by Crippen LogP contribution is -2.25. The minimum absolute atomic E-state index is 0.0980. The largest absolute Gasteiger partial charge is 0.464 e. The van der Waals surface area contributed by atoms with Crippen molar-refractivity contribution in [2.24, 2.45) is 0 Å². The number of hydrogen-bond acceptors (Lipinski definition) is 3. The summed E-state index contributed by atoms with van der Waals surface area (Å²) in [6.07, 6.45) is -3.50. The van der Waals surface area contributed by atoms with Crippen molar-refractivity contribution >= 4 is 5.97 Å². The van der Waals surface area contributed by atoms with Gasteiger partial charge in [0.1, 0.15) is 6.10 Å². The quantitative estimate of drug-likeness (QED) is 0.771. The number of carbonyl (C=O) groups excluding carboxylic acids is 1. The Hall–Kier alpha value is -1.42. The molecule has 3 nitrogen and oxygen atoms in total. The molecule has 0 aromatic heterocycles. The summed E-state index contributed by atoms with van der Waals surface area (Å²) >= 11 is 0. The van der Waals surface area contributed by atoms with Crippen LogP contribution in [0, 0.1) is 0 Å². The van der Waals surface area contributed by atoms with E-state index < -0.39 is 18.2 Å². The van der Waals surface area contributed by atoms with Gasteiger partial charge in [-0.1, -0.05) is 30.3 Å². The van der Waals surface area contributed by atoms with Gasteiger partial charge in [-0.3, -0.25) is 0 Å². The average Bonchev–Trinajstić information content (AvgIpc) is 2.28. The Morgan fingerprint density at radius 1 is 1.47 bits per heavy atom. The normalized spacial score (nSPS) is 14.3. The van der Waals surface area contributed by atoms with Crippen LogP contribution < -0.4 is 0 Å². The molecule has 0 saturated heterocycles. The molecule has 0 bridgehead atoms. The lowest BCUT2D eigenvalue weighted by molar-refractivity contribution is -0.153. The van der Waals surface area contributed by atoms with E-state index >= 15 is 0 Å². The van der Waals surface area contributed by atoms with Crippen LogP contribution in [0.1, 0.15) is 18.6 Å². The molecule has 1 N–H and O–H groups in total. The molecule has 0 aliphatic carbocycles. The Kier molecular flexibility index (Phi) is 4.24. The molecule has 0 unspecified atom stereocenters. The van der Waals surface area contributed by atoms with Crippen LogP contribution in [-0.4, -0.2) is 23.9 Å². The van der Waals surface area contributed by atoms with Crippen molar-refractivity contribution in [2.45, 2.75) is 19.2 Å². The molecule has 2 atom stereocenters. The van der Waals surface area contributed by atoms with Crippen LogP contribution in [0.15, 0.2) is 30.3 Å². The predicted molar refractivity (Wildman–Crippen MR) is 52.9 cm³/mol. The number of rotatable bonds is 4. The third kappa shape index (κ3) is 3.02. The zero-order valence-corrected chi connectivity index (χ0v) is 8.39. The highest BCUT2D eigenvalue weighted by Crippen LogP contribution is 2.19. The third-order valence-corrected chi connectivity index (χ3v) is 1.93. The van der Waals surface area contributed by atoms with Crippen molar-refractivity contribution in [3.05, 3.63) is 35.9 Å². The van der Waals surface area contributed by atoms with Gasteiger partial charge in [0.05, 0.1) is 6.61 Å². The van der Waals surface area contributed by atoms with Crippen molar-refractivity contribution in [3.8, 4) is 0 Å². The Morgan fingerprint density at radius 3 is 2.60 bits per heavy atom. The second-order valence-corrected chi connectivity index (χ2v) is 3.01. The molecule has 1 aromatic carbocycles. The molecule has 0 heterocycles. The molecule has 82 valence electrons. The number of aliphatic hydroxyl groups is 1. The van der Waals surface area contributed by atoms with E-state index in [0.717, 1.165) is 0 Å². The van der Waals surface area contributed by atoms with Gasteiger partial charge in [0.15, 0.2) is 0 Å². The maximum absolute atomic E-state index is 13.3. The summed E-state index contributed by atoms with van der Waals surface area (Å²) in [5.74, 6) is -1.03. The predicted octanol–water partition coefficient (Wildman–Crippen LogP) is 1.62. The van der Waals surface area contributed by atoms with E-state index in [-0.39, 0.29) is 6.61 Å². The molecule has 0 fully saturated rings. The van der Waals surface area contributed by atoms with Crippen LogP contribution in [0.5, 0.6) is 0 Å². The van der Waals surface area contributed by atoms with E-state index in [1.807, 2.05) is 0 Å². The smallest absolute Gasteiger partial charge is 0.343 e. The van der Waals surface area contributed by atoms with E-state index in [1.54, 1.807) is 37.3 Å². The highest BCUT2D eigenvalue weighted by Gasteiger charge is 2.28. The number of ether oxygens (including phenoxy) is 1. The molecule has 0 saturated carbocycles. The minimum Gasteiger partial charge on any atom is -0.464 e. The maximum Gasteiger partial charge on any atom is 0.343 e. The first-order valence-electron chi connectivity index (χ1n) is 4.70. The summed E-state index contributed by atoms with van der Waals surface area (Å²) < 4.78 is 17.8. The van der Waals surface area contributed by atoms with Gasteiger partial charge in [0, 0.05) is 0 Å². The third-order valence-electron chi connectivity index (χ3n) is 1.93. The number of carbonyl (C=O) groups is 1. The molecule has 1 rings (SSSR count). The second kappa shape index (κ2) is 5.46. The van der Waals surface area contributed by atoms with Gasteiger partial charge in [0.25, 0.3) is 0 Å². The highest BCUT2D eigenvalue weighted by atomic mass is 19.1. The van der Waals surface area contributed by atoms with Crippen LogP contribution in [0.25, 0.3) is 0 Å². The topological polar surface area (TPSA) is 46.5 Å². The van der Waals surface area contributed by atoms with Crippen molar-refractivity contribution in [1.82, 2.24) is 0 Å². The molecule has 1 aromatic rings. The lowest BCUT2D eigenvalue weighted by Gasteiger charge is -2.14. The molecule has 0 aliphatic heterocycles. The standard InChI is InChI=1S/C11H13FO3/c1-2-15-11(14)9(12)10(13)8-6-4-3-5-7-8/h3-7,9-10,13H,2H2,1H3/t9-,10-/m1/s1. The zero-order chi connectivity index (χ0) is 11.3. The molecule has 0 radical (unpaired) electrons. The first-order chi connectivity index (χ1) is 7.16. The van der Waals surface area contributed by atoms with Gasteiger partial charge in [0.2, 0.25) is 6.17 Å². The van der Waals surface area contributed by atoms with E-state index in [0.29, 0.717) is 5.56 Å². The summed E-state index contributed by atoms with van der Waals surface area (Å²) in [4.78, 5) is 11.0. The minimum atomic E-state index is -2.03. The fraction of sp³-hybridized carbons (Fsp3) is 0.364. The highest BCUT2D eigenvalue weighted by molar-refractivity contribution is 5.75. The molecule has 4 heteroatoms. The maximum atomic E-state index is 13.3. The molecule has 0 amide bonds. The Labute approximate surface area is 87.5 Å². The van der Waals surface area contributed by atoms with Crippen molar-refractivity contribution in [2.75, 3.05) is 6.61 Å². The molecular weight excluding hydrogens is 199 g/mol. The molecule has 0 spiro atoms. The van der Waals surface area contributed by atoms with Gasteiger partial charge in [-0.25, -0.2) is 9.18 Å². The number of esters is 1. The van der Waals surface area contributed by atoms with Crippen molar-refractivity contribution in [3.63, 3.8) is 0 Å². The van der Waals surface area contributed by atoms with Gasteiger partial charge in [-0.05, 0) is 12.5 Å². The molecule has 15 heavy (non-hydrogen) atoms. The summed E-state index contributed by atoms with van der Waals surface area (Å²) in [5, 5.41) is 9.51. The number of aliphatic hydroxyl groups excluding tert-OH is 1. The summed E-state index contributed by atoms with van der Waals surface area (Å²) in [6, 6.07) is 8.17. The van der Waals surface area contributed by atoms with E-state index in [9.17, 15) is 14.3 Å². The Morgan fingerprint density at radius 2 is 2.07 bits per heavy atom. The lowest BCUT2D eigenvalue weighted by atomic mass is 10.1. The first-order valence-corrected chi connectivity index (χ1v) is 4.70. The van der Waals surface area contributed by atoms with Crippen LogP contribution >= 0.6 is 0 Å². The van der Waals surface area contributed by atoms with Gasteiger partial charge in [-0.2, -0.15) is 0 Å². The van der Waals surface area contributed by atoms with Crippen molar-refractivity contribution < 1.29 is 19.0 Å². The number of halogens is 1. The van der Waals surface area contributed by atoms with E-state index in [1.165, 1.54) is 0 Å². The first kappa shape index (κ1) is 11.7. The van der Waals surface area contributed by atoms with Crippen LogP contribution in [-0.2, 0) is 9.53 Å². The SMILES string of the molecule is CCOC(=O)[C@H](F)[C@H](O)c1ccccc1. The fourth-order valence-corrected chi connectivity index (χ4v) is 1.17. The average molecular weight is 212 g/mol. The van der Waals surface area contributed by atoms with Crippen LogP contribution in [0.2, 0.25) is 0 Å². The van der Waals surface area contributed by atoms with E-state index in [2.05, 4.69) is 4.74 Å². The van der Waals surface area contributed by atoms with E-state index in [4.69, 9.17) is 0 Å². The van der Waals surface area contributed by atoms with Crippen LogP contribution in [0.3, 0.4) is 0 Å². The Bertz CT molecular complexity index is 313. The van der Waals surface area contributed by atoms with Crippen LogP contribution in [0.4, 0.5) is 4.39 Å². The Balaban J connectivity index is 2.68. The number of hydrogen-bond donors (Lipinski definition) is 1. The van der Waals surface area contributed by atoms with Crippen molar-refractivity contribution in [1.29, 1.82) is 0 Å². The molecular formula is C11H13FO3. The second-order valence-electron chi connectivity index (χ2n) is 3.01. The monoisotopic (exact) mass is 212 g/mol. The van der Waals surface area contributed by atoms with Gasteiger partial charge >= 0.3 is 5.97 Å². The zero-order valence-electron chi connectivity index (χ0n) is 8.39. The number of alkyl halides is 1. The number of benzene rings is 1. The van der Waals surface area contributed by atoms with Gasteiger partial charge < -0.3 is 9.84 Å².